The maximum atomic E-state index is 8.98. The molecule has 0 spiro atoms. The molecule has 1 aromatic heterocycles. The Morgan fingerprint density at radius 3 is 2.28 bits per heavy atom. The van der Waals surface area contributed by atoms with E-state index in [1.807, 2.05) is 60.7 Å². The van der Waals surface area contributed by atoms with E-state index in [9.17, 15) is 0 Å². The van der Waals surface area contributed by atoms with Crippen LogP contribution in [-0.4, -0.2) is 4.98 Å². The summed E-state index contributed by atoms with van der Waals surface area (Å²) in [5.74, 6) is 0. The van der Waals surface area contributed by atoms with E-state index in [1.165, 1.54) is 0 Å². The normalized spacial score (nSPS) is 10.6. The molecule has 1 heterocycles. The van der Waals surface area contributed by atoms with Gasteiger partial charge in [0.2, 0.25) is 0 Å². The third-order valence-corrected chi connectivity index (χ3v) is 4.40. The van der Waals surface area contributed by atoms with Crippen molar-refractivity contribution in [1.29, 1.82) is 5.26 Å². The van der Waals surface area contributed by atoms with E-state index in [4.69, 9.17) is 21.8 Å². The highest BCUT2D eigenvalue weighted by Crippen LogP contribution is 2.33. The molecule has 118 valence electrons. The van der Waals surface area contributed by atoms with Crippen LogP contribution in [-0.2, 0) is 0 Å². The van der Waals surface area contributed by atoms with Crippen LogP contribution in [0.5, 0.6) is 0 Å². The van der Waals surface area contributed by atoms with Crippen molar-refractivity contribution in [2.24, 2.45) is 0 Å². The van der Waals surface area contributed by atoms with Gasteiger partial charge in [0.05, 0.1) is 22.8 Å². The zero-order valence-electron chi connectivity index (χ0n) is 13.3. The van der Waals surface area contributed by atoms with Gasteiger partial charge in [-0.15, -0.1) is 0 Å². The van der Waals surface area contributed by atoms with Gasteiger partial charge in [0.15, 0.2) is 0 Å². The van der Waals surface area contributed by atoms with Crippen molar-refractivity contribution in [3.8, 4) is 28.5 Å². The highest BCUT2D eigenvalue weighted by Gasteiger charge is 2.10. The van der Waals surface area contributed by atoms with Crippen LogP contribution in [0.4, 0.5) is 0 Å². The summed E-state index contributed by atoms with van der Waals surface area (Å²) in [6.45, 7) is 0. The minimum absolute atomic E-state index is 0.639. The third-order valence-electron chi connectivity index (χ3n) is 4.17. The Hall–Kier alpha value is -3.15. The van der Waals surface area contributed by atoms with Gasteiger partial charge >= 0.3 is 0 Å². The number of hydrogen-bond donors (Lipinski definition) is 0. The first-order valence-corrected chi connectivity index (χ1v) is 8.29. The maximum absolute atomic E-state index is 8.98. The Bertz CT molecular complexity index is 1090. The number of pyridine rings is 1. The molecule has 2 nitrogen and oxygen atoms in total. The molecule has 0 unspecified atom stereocenters. The van der Waals surface area contributed by atoms with Crippen molar-refractivity contribution in [2.45, 2.75) is 0 Å². The lowest BCUT2D eigenvalue weighted by molar-refractivity contribution is 1.39. The number of hydrogen-bond acceptors (Lipinski definition) is 2. The number of rotatable bonds is 2. The van der Waals surface area contributed by atoms with E-state index in [0.29, 0.717) is 10.6 Å². The molecule has 0 saturated heterocycles. The Labute approximate surface area is 151 Å². The van der Waals surface area contributed by atoms with Gasteiger partial charge in [0.25, 0.3) is 0 Å². The maximum Gasteiger partial charge on any atom is 0.0991 e. The molecule has 0 amide bonds. The summed E-state index contributed by atoms with van der Waals surface area (Å²) >= 11 is 6.21. The average Bonchev–Trinajstić information content (AvgIpc) is 2.68. The molecular weight excluding hydrogens is 328 g/mol. The fraction of sp³-hybridized carbons (Fsp3) is 0. The smallest absolute Gasteiger partial charge is 0.0991 e. The molecular formula is C22H13ClN2. The minimum Gasteiger partial charge on any atom is -0.248 e. The number of benzene rings is 3. The number of aromatic nitrogens is 1. The molecule has 0 aliphatic carbocycles. The molecule has 0 bridgehead atoms. The predicted molar refractivity (Wildman–Crippen MR) is 102 cm³/mol. The molecule has 0 saturated carbocycles. The fourth-order valence-corrected chi connectivity index (χ4v) is 3.09. The molecule has 3 heteroatoms. The fourth-order valence-electron chi connectivity index (χ4n) is 2.92. The first-order chi connectivity index (χ1) is 12.2. The van der Waals surface area contributed by atoms with Gasteiger partial charge in [-0.05, 0) is 47.5 Å². The van der Waals surface area contributed by atoms with E-state index < -0.39 is 0 Å². The van der Waals surface area contributed by atoms with Crippen LogP contribution in [0.25, 0.3) is 33.3 Å². The van der Waals surface area contributed by atoms with Crippen LogP contribution in [0.15, 0.2) is 78.9 Å². The van der Waals surface area contributed by atoms with Crippen molar-refractivity contribution in [2.75, 3.05) is 0 Å². The Kier molecular flexibility index (Phi) is 3.93. The standard InChI is InChI=1S/C22H13ClN2/c23-18-10-11-21-20(12-18)19(16-4-2-1-3-5-16)13-22(25-21)17-8-6-15(14-24)7-9-17/h1-13H. The summed E-state index contributed by atoms with van der Waals surface area (Å²) in [7, 11) is 0. The van der Waals surface area contributed by atoms with E-state index >= 15 is 0 Å². The Morgan fingerprint density at radius 2 is 1.56 bits per heavy atom. The first kappa shape index (κ1) is 15.4. The van der Waals surface area contributed by atoms with Gasteiger partial charge in [-0.25, -0.2) is 4.98 Å². The topological polar surface area (TPSA) is 36.7 Å². The first-order valence-electron chi connectivity index (χ1n) is 7.91. The van der Waals surface area contributed by atoms with E-state index in [0.717, 1.165) is 33.3 Å². The van der Waals surface area contributed by atoms with Crippen LogP contribution >= 0.6 is 11.6 Å². The zero-order valence-corrected chi connectivity index (χ0v) is 14.0. The molecule has 0 radical (unpaired) electrons. The molecule has 0 atom stereocenters. The largest absolute Gasteiger partial charge is 0.248 e. The molecule has 0 aliphatic heterocycles. The van der Waals surface area contributed by atoms with Crippen molar-refractivity contribution in [3.05, 3.63) is 89.4 Å². The monoisotopic (exact) mass is 340 g/mol. The van der Waals surface area contributed by atoms with Gasteiger partial charge in [0.1, 0.15) is 0 Å². The number of halogens is 1. The summed E-state index contributed by atoms with van der Waals surface area (Å²) in [6.07, 6.45) is 0. The lowest BCUT2D eigenvalue weighted by Gasteiger charge is -2.11. The Balaban J connectivity index is 1.98. The van der Waals surface area contributed by atoms with Crippen molar-refractivity contribution in [1.82, 2.24) is 4.98 Å². The molecule has 25 heavy (non-hydrogen) atoms. The van der Waals surface area contributed by atoms with Crippen LogP contribution in [0, 0.1) is 11.3 Å². The average molecular weight is 341 g/mol. The van der Waals surface area contributed by atoms with E-state index in [-0.39, 0.29) is 0 Å². The zero-order chi connectivity index (χ0) is 17.2. The van der Waals surface area contributed by atoms with E-state index in [2.05, 4.69) is 24.3 Å². The number of nitriles is 1. The van der Waals surface area contributed by atoms with Crippen molar-refractivity contribution < 1.29 is 0 Å². The quantitative estimate of drug-likeness (QED) is 0.442. The van der Waals surface area contributed by atoms with Gasteiger partial charge in [-0.2, -0.15) is 5.26 Å². The summed E-state index contributed by atoms with van der Waals surface area (Å²) in [6, 6.07) is 27.7. The van der Waals surface area contributed by atoms with Crippen LogP contribution in [0.3, 0.4) is 0 Å². The number of fused-ring (bicyclic) bond motifs is 1. The van der Waals surface area contributed by atoms with Crippen LogP contribution in [0.1, 0.15) is 5.56 Å². The molecule has 4 aromatic rings. The van der Waals surface area contributed by atoms with E-state index in [1.54, 1.807) is 0 Å². The summed E-state index contributed by atoms with van der Waals surface area (Å²) in [4.78, 5) is 4.79. The second-order valence-electron chi connectivity index (χ2n) is 5.77. The van der Waals surface area contributed by atoms with Gasteiger partial charge in [-0.3, -0.25) is 0 Å². The predicted octanol–water partition coefficient (Wildman–Crippen LogP) is 6.09. The molecule has 0 N–H and O–H groups in total. The summed E-state index contributed by atoms with van der Waals surface area (Å²) in [5.41, 5.74) is 5.59. The highest BCUT2D eigenvalue weighted by molar-refractivity contribution is 6.31. The van der Waals surface area contributed by atoms with Gasteiger partial charge in [-0.1, -0.05) is 54.1 Å². The van der Waals surface area contributed by atoms with Crippen molar-refractivity contribution in [3.63, 3.8) is 0 Å². The summed E-state index contributed by atoms with van der Waals surface area (Å²) < 4.78 is 0. The number of nitrogens with zero attached hydrogens (tertiary/aromatic N) is 2. The molecule has 0 fully saturated rings. The van der Waals surface area contributed by atoms with Gasteiger partial charge in [0, 0.05) is 16.0 Å². The lowest BCUT2D eigenvalue weighted by atomic mass is 9.98. The molecule has 0 aliphatic rings. The summed E-state index contributed by atoms with van der Waals surface area (Å²) in [5, 5.41) is 10.7. The van der Waals surface area contributed by atoms with Gasteiger partial charge < -0.3 is 0 Å². The lowest BCUT2D eigenvalue weighted by Crippen LogP contribution is -1.90. The highest BCUT2D eigenvalue weighted by atomic mass is 35.5. The van der Waals surface area contributed by atoms with Crippen LogP contribution < -0.4 is 0 Å². The molecule has 4 rings (SSSR count). The van der Waals surface area contributed by atoms with Crippen molar-refractivity contribution >= 4 is 22.5 Å². The van der Waals surface area contributed by atoms with Crippen LogP contribution in [0.2, 0.25) is 5.02 Å². The Morgan fingerprint density at radius 1 is 0.800 bits per heavy atom. The second-order valence-corrected chi connectivity index (χ2v) is 6.21. The minimum atomic E-state index is 0.639. The second kappa shape index (κ2) is 6.39. The SMILES string of the molecule is N#Cc1ccc(-c2cc(-c3ccccc3)c3cc(Cl)ccc3n2)cc1. The molecule has 3 aromatic carbocycles. The third kappa shape index (κ3) is 2.98.